The maximum atomic E-state index is 5.29. The molecule has 0 spiro atoms. The molecule has 20 heavy (non-hydrogen) atoms. The van der Waals surface area contributed by atoms with Gasteiger partial charge in [0.15, 0.2) is 0 Å². The monoisotopic (exact) mass is 290 g/mol. The summed E-state index contributed by atoms with van der Waals surface area (Å²) in [4.78, 5) is 5.86. The molecule has 4 heteroatoms. The zero-order valence-corrected chi connectivity index (χ0v) is 13.6. The number of aryl methyl sites for hydroxylation is 3. The van der Waals surface area contributed by atoms with Crippen molar-refractivity contribution in [1.82, 2.24) is 10.3 Å². The maximum absolute atomic E-state index is 5.29. The largest absolute Gasteiger partial charge is 0.497 e. The Morgan fingerprint density at radius 3 is 2.55 bits per heavy atom. The third-order valence-corrected chi connectivity index (χ3v) is 4.54. The van der Waals surface area contributed by atoms with Gasteiger partial charge in [0, 0.05) is 4.88 Å². The second kappa shape index (κ2) is 6.37. The normalized spacial score (nSPS) is 12.4. The van der Waals surface area contributed by atoms with Crippen LogP contribution in [-0.4, -0.2) is 18.6 Å². The molecule has 0 amide bonds. The molecule has 0 aliphatic heterocycles. The first-order chi connectivity index (χ1) is 9.56. The molecule has 2 aromatic rings. The molecule has 0 bridgehead atoms. The van der Waals surface area contributed by atoms with E-state index in [0.717, 1.165) is 23.0 Å². The van der Waals surface area contributed by atoms with Gasteiger partial charge in [-0.1, -0.05) is 13.0 Å². The lowest BCUT2D eigenvalue weighted by Crippen LogP contribution is -2.22. The minimum atomic E-state index is 0.206. The van der Waals surface area contributed by atoms with Gasteiger partial charge in [0.1, 0.15) is 5.75 Å². The van der Waals surface area contributed by atoms with E-state index in [4.69, 9.17) is 4.74 Å². The molecular formula is C16H22N2OS. The van der Waals surface area contributed by atoms with Crippen LogP contribution in [0.4, 0.5) is 0 Å². The van der Waals surface area contributed by atoms with Gasteiger partial charge in [-0.3, -0.25) is 0 Å². The zero-order valence-electron chi connectivity index (χ0n) is 12.8. The van der Waals surface area contributed by atoms with Gasteiger partial charge in [-0.05, 0) is 50.6 Å². The Balaban J connectivity index is 2.45. The lowest BCUT2D eigenvalue weighted by Gasteiger charge is -2.20. The topological polar surface area (TPSA) is 34.1 Å². The average Bonchev–Trinajstić information content (AvgIpc) is 2.75. The van der Waals surface area contributed by atoms with Gasteiger partial charge in [0.2, 0.25) is 0 Å². The van der Waals surface area contributed by atoms with Crippen molar-refractivity contribution >= 4 is 11.3 Å². The summed E-state index contributed by atoms with van der Waals surface area (Å²) in [6.45, 7) is 9.33. The van der Waals surface area contributed by atoms with Crippen molar-refractivity contribution in [3.05, 3.63) is 44.9 Å². The molecule has 3 nitrogen and oxygen atoms in total. The van der Waals surface area contributed by atoms with Crippen LogP contribution >= 0.6 is 11.3 Å². The highest BCUT2D eigenvalue weighted by Gasteiger charge is 2.20. The first kappa shape index (κ1) is 15.0. The highest BCUT2D eigenvalue weighted by Crippen LogP contribution is 2.32. The molecule has 108 valence electrons. The van der Waals surface area contributed by atoms with Gasteiger partial charge in [0.25, 0.3) is 0 Å². The van der Waals surface area contributed by atoms with Gasteiger partial charge < -0.3 is 10.1 Å². The molecule has 0 saturated heterocycles. The smallest absolute Gasteiger partial charge is 0.119 e. The van der Waals surface area contributed by atoms with Crippen molar-refractivity contribution in [2.45, 2.75) is 33.7 Å². The Labute approximate surface area is 125 Å². The molecule has 1 N–H and O–H groups in total. The van der Waals surface area contributed by atoms with Crippen molar-refractivity contribution < 1.29 is 4.74 Å². The number of methoxy groups -OCH3 is 1. The summed E-state index contributed by atoms with van der Waals surface area (Å²) in [7, 11) is 1.70. The Morgan fingerprint density at radius 1 is 1.30 bits per heavy atom. The van der Waals surface area contributed by atoms with E-state index in [1.54, 1.807) is 18.4 Å². The van der Waals surface area contributed by atoms with Crippen molar-refractivity contribution in [2.75, 3.05) is 13.7 Å². The van der Waals surface area contributed by atoms with Crippen LogP contribution in [0.1, 0.15) is 39.7 Å². The number of rotatable bonds is 5. The lowest BCUT2D eigenvalue weighted by molar-refractivity contribution is 0.414. The second-order valence-electron chi connectivity index (χ2n) is 4.90. The van der Waals surface area contributed by atoms with Gasteiger partial charge in [-0.25, -0.2) is 4.98 Å². The fourth-order valence-corrected chi connectivity index (χ4v) is 3.48. The summed E-state index contributed by atoms with van der Waals surface area (Å²) in [6.07, 6.45) is 0. The minimum absolute atomic E-state index is 0.206. The molecule has 1 aromatic carbocycles. The van der Waals surface area contributed by atoms with Gasteiger partial charge in [0.05, 0.1) is 23.9 Å². The molecule has 0 aliphatic carbocycles. The maximum Gasteiger partial charge on any atom is 0.119 e. The number of aromatic nitrogens is 1. The average molecular weight is 290 g/mol. The van der Waals surface area contributed by atoms with Gasteiger partial charge >= 0.3 is 0 Å². The van der Waals surface area contributed by atoms with Crippen molar-refractivity contribution in [1.29, 1.82) is 0 Å². The second-order valence-corrected chi connectivity index (χ2v) is 6.13. The van der Waals surface area contributed by atoms with E-state index in [2.05, 4.69) is 50.1 Å². The Kier molecular flexibility index (Phi) is 4.78. The summed E-state index contributed by atoms with van der Waals surface area (Å²) in [5.74, 6) is 0.902. The summed E-state index contributed by atoms with van der Waals surface area (Å²) < 4.78 is 5.29. The van der Waals surface area contributed by atoms with E-state index >= 15 is 0 Å². The number of thiazole rings is 1. The van der Waals surface area contributed by atoms with Gasteiger partial charge in [-0.2, -0.15) is 0 Å². The fraction of sp³-hybridized carbons (Fsp3) is 0.438. The third kappa shape index (κ3) is 3.02. The highest BCUT2D eigenvalue weighted by atomic mass is 32.1. The fourth-order valence-electron chi connectivity index (χ4n) is 2.46. The van der Waals surface area contributed by atoms with Crippen LogP contribution in [0.2, 0.25) is 0 Å². The quantitative estimate of drug-likeness (QED) is 0.910. The number of ether oxygens (including phenoxy) is 1. The Morgan fingerprint density at radius 2 is 2.05 bits per heavy atom. The first-order valence-corrected chi connectivity index (χ1v) is 7.70. The number of hydrogen-bond acceptors (Lipinski definition) is 4. The molecule has 1 aromatic heterocycles. The van der Waals surface area contributed by atoms with Crippen LogP contribution in [0.5, 0.6) is 5.75 Å². The summed E-state index contributed by atoms with van der Waals surface area (Å²) in [5.41, 5.74) is 3.65. The SMILES string of the molecule is CCNC(c1ccc(OC)cc1C)c1sc(C)nc1C. The number of nitrogens with one attached hydrogen (secondary N) is 1. The molecule has 0 aliphatic rings. The Bertz CT molecular complexity index is 592. The van der Waals surface area contributed by atoms with E-state index in [1.165, 1.54) is 16.0 Å². The Hall–Kier alpha value is -1.39. The van der Waals surface area contributed by atoms with Crippen LogP contribution < -0.4 is 10.1 Å². The first-order valence-electron chi connectivity index (χ1n) is 6.88. The van der Waals surface area contributed by atoms with Crippen LogP contribution in [0.3, 0.4) is 0 Å². The third-order valence-electron chi connectivity index (χ3n) is 3.40. The molecule has 2 rings (SSSR count). The zero-order chi connectivity index (χ0) is 14.7. The number of nitrogens with zero attached hydrogens (tertiary/aromatic N) is 1. The van der Waals surface area contributed by atoms with E-state index < -0.39 is 0 Å². The predicted molar refractivity (Wildman–Crippen MR) is 84.8 cm³/mol. The van der Waals surface area contributed by atoms with Crippen molar-refractivity contribution in [2.24, 2.45) is 0 Å². The molecule has 0 radical (unpaired) electrons. The molecular weight excluding hydrogens is 268 g/mol. The summed E-state index contributed by atoms with van der Waals surface area (Å²) in [5, 5.41) is 4.69. The van der Waals surface area contributed by atoms with Crippen molar-refractivity contribution in [3.8, 4) is 5.75 Å². The summed E-state index contributed by atoms with van der Waals surface area (Å²) >= 11 is 1.77. The predicted octanol–water partition coefficient (Wildman–Crippen LogP) is 3.78. The minimum Gasteiger partial charge on any atom is -0.497 e. The molecule has 1 unspecified atom stereocenters. The molecule has 1 atom stereocenters. The lowest BCUT2D eigenvalue weighted by atomic mass is 9.99. The van der Waals surface area contributed by atoms with E-state index in [1.807, 2.05) is 6.07 Å². The van der Waals surface area contributed by atoms with Crippen LogP contribution in [0, 0.1) is 20.8 Å². The van der Waals surface area contributed by atoms with Crippen LogP contribution in [-0.2, 0) is 0 Å². The molecule has 1 heterocycles. The van der Waals surface area contributed by atoms with Crippen LogP contribution in [0.15, 0.2) is 18.2 Å². The standard InChI is InChI=1S/C16H22N2OS/c1-6-17-15(16-11(3)18-12(4)20-16)14-8-7-13(19-5)9-10(14)2/h7-9,15,17H,6H2,1-5H3. The van der Waals surface area contributed by atoms with Gasteiger partial charge in [-0.15, -0.1) is 11.3 Å². The molecule has 0 saturated carbocycles. The van der Waals surface area contributed by atoms with Crippen LogP contribution in [0.25, 0.3) is 0 Å². The van der Waals surface area contributed by atoms with E-state index in [9.17, 15) is 0 Å². The highest BCUT2D eigenvalue weighted by molar-refractivity contribution is 7.11. The molecule has 0 fully saturated rings. The summed E-state index contributed by atoms with van der Waals surface area (Å²) in [6, 6.07) is 6.46. The van der Waals surface area contributed by atoms with E-state index in [-0.39, 0.29) is 6.04 Å². The van der Waals surface area contributed by atoms with Crippen molar-refractivity contribution in [3.63, 3.8) is 0 Å². The number of hydrogen-bond donors (Lipinski definition) is 1. The van der Waals surface area contributed by atoms with E-state index in [0.29, 0.717) is 0 Å². The number of benzene rings is 1.